The second-order valence-corrected chi connectivity index (χ2v) is 5.47. The lowest BCUT2D eigenvalue weighted by Crippen LogP contribution is -2.34. The highest BCUT2D eigenvalue weighted by molar-refractivity contribution is 5.96. The van der Waals surface area contributed by atoms with Crippen LogP contribution in [-0.4, -0.2) is 24.8 Å². The first-order valence-electron chi connectivity index (χ1n) is 7.00. The normalized spacial score (nSPS) is 23.5. The third kappa shape index (κ3) is 4.44. The lowest BCUT2D eigenvalue weighted by Gasteiger charge is -2.31. The van der Waals surface area contributed by atoms with Gasteiger partial charge in [0.25, 0.3) is 0 Å². The largest absolute Gasteiger partial charge is 0.353 e. The zero-order valence-electron chi connectivity index (χ0n) is 11.7. The van der Waals surface area contributed by atoms with Crippen LogP contribution in [-0.2, 0) is 9.47 Å². The molecule has 1 heterocycles. The van der Waals surface area contributed by atoms with Crippen LogP contribution in [0.1, 0.15) is 43.5 Å². The number of benzene rings is 1. The van der Waals surface area contributed by atoms with E-state index < -0.39 is 0 Å². The lowest BCUT2D eigenvalue weighted by atomic mass is 10.0. The Balaban J connectivity index is 1.87. The minimum atomic E-state index is -0.151. The summed E-state index contributed by atoms with van der Waals surface area (Å²) in [5.74, 6) is 0.685. The molecule has 3 nitrogen and oxygen atoms in total. The Bertz CT molecular complexity index is 400. The Labute approximate surface area is 114 Å². The van der Waals surface area contributed by atoms with Gasteiger partial charge in [0.15, 0.2) is 12.1 Å². The van der Waals surface area contributed by atoms with Crippen LogP contribution < -0.4 is 0 Å². The summed E-state index contributed by atoms with van der Waals surface area (Å²) in [5.41, 5.74) is 0.762. The van der Waals surface area contributed by atoms with E-state index in [9.17, 15) is 4.79 Å². The van der Waals surface area contributed by atoms with Gasteiger partial charge < -0.3 is 9.47 Å². The standard InChI is InChI=1S/C16H22O3/c1-12(2)10-16-18-9-8-14(19-16)11-15(17)13-6-4-3-5-7-13/h3-7,12,14,16H,8-11H2,1-2H3/t14-,16-/m1/s1. The summed E-state index contributed by atoms with van der Waals surface area (Å²) >= 11 is 0. The van der Waals surface area contributed by atoms with E-state index >= 15 is 0 Å². The minimum absolute atomic E-state index is 0.00907. The van der Waals surface area contributed by atoms with Crippen molar-refractivity contribution in [2.45, 2.75) is 45.5 Å². The van der Waals surface area contributed by atoms with Gasteiger partial charge in [0, 0.05) is 18.4 Å². The molecule has 104 valence electrons. The smallest absolute Gasteiger partial charge is 0.165 e. The predicted octanol–water partition coefficient (Wildman–Crippen LogP) is 3.44. The van der Waals surface area contributed by atoms with Gasteiger partial charge in [-0.1, -0.05) is 44.2 Å². The predicted molar refractivity (Wildman–Crippen MR) is 74.1 cm³/mol. The molecule has 2 atom stereocenters. The molecular formula is C16H22O3. The summed E-state index contributed by atoms with van der Waals surface area (Å²) < 4.78 is 11.4. The highest BCUT2D eigenvalue weighted by Crippen LogP contribution is 2.21. The maximum Gasteiger partial charge on any atom is 0.165 e. The molecule has 0 N–H and O–H groups in total. The van der Waals surface area contributed by atoms with E-state index in [-0.39, 0.29) is 18.2 Å². The monoisotopic (exact) mass is 262 g/mol. The van der Waals surface area contributed by atoms with Crippen LogP contribution in [0.25, 0.3) is 0 Å². The van der Waals surface area contributed by atoms with Crippen molar-refractivity contribution >= 4 is 5.78 Å². The van der Waals surface area contributed by atoms with Crippen LogP contribution in [0.2, 0.25) is 0 Å². The Morgan fingerprint density at radius 2 is 2.05 bits per heavy atom. The summed E-state index contributed by atoms with van der Waals surface area (Å²) in [6.45, 7) is 4.97. The first-order valence-corrected chi connectivity index (χ1v) is 7.00. The molecule has 0 spiro atoms. The number of ketones is 1. The zero-order valence-corrected chi connectivity index (χ0v) is 11.7. The maximum absolute atomic E-state index is 12.1. The maximum atomic E-state index is 12.1. The van der Waals surface area contributed by atoms with Crippen LogP contribution in [0.15, 0.2) is 30.3 Å². The summed E-state index contributed by atoms with van der Waals surface area (Å²) in [6.07, 6.45) is 1.97. The van der Waals surface area contributed by atoms with E-state index in [1.54, 1.807) is 0 Å². The van der Waals surface area contributed by atoms with Crippen LogP contribution in [0, 0.1) is 5.92 Å². The lowest BCUT2D eigenvalue weighted by molar-refractivity contribution is -0.216. The summed E-state index contributed by atoms with van der Waals surface area (Å²) in [7, 11) is 0. The Kier molecular flexibility index (Phi) is 5.11. The number of hydrogen-bond acceptors (Lipinski definition) is 3. The fourth-order valence-corrected chi connectivity index (χ4v) is 2.26. The molecule has 3 heteroatoms. The van der Waals surface area contributed by atoms with Gasteiger partial charge in [-0.2, -0.15) is 0 Å². The molecule has 1 aromatic rings. The Morgan fingerprint density at radius 3 is 2.74 bits per heavy atom. The SMILES string of the molecule is CC(C)C[C@@H]1OCC[C@H](CC(=O)c2ccccc2)O1. The number of Topliss-reactive ketones (excluding diaryl/α,β-unsaturated/α-hetero) is 1. The van der Waals surface area contributed by atoms with E-state index in [1.165, 1.54) is 0 Å². The van der Waals surface area contributed by atoms with Crippen LogP contribution in [0.4, 0.5) is 0 Å². The Morgan fingerprint density at radius 1 is 1.32 bits per heavy atom. The van der Waals surface area contributed by atoms with Gasteiger partial charge in [0.2, 0.25) is 0 Å². The molecule has 19 heavy (non-hydrogen) atoms. The van der Waals surface area contributed by atoms with Gasteiger partial charge in [-0.25, -0.2) is 0 Å². The molecule has 1 aliphatic heterocycles. The second-order valence-electron chi connectivity index (χ2n) is 5.47. The average Bonchev–Trinajstić information content (AvgIpc) is 2.39. The molecule has 1 saturated heterocycles. The average molecular weight is 262 g/mol. The van der Waals surface area contributed by atoms with E-state index in [2.05, 4.69) is 13.8 Å². The molecule has 0 aliphatic carbocycles. The molecular weight excluding hydrogens is 240 g/mol. The van der Waals surface area contributed by atoms with Crippen molar-refractivity contribution in [3.05, 3.63) is 35.9 Å². The first kappa shape index (κ1) is 14.2. The minimum Gasteiger partial charge on any atom is -0.353 e. The zero-order chi connectivity index (χ0) is 13.7. The first-order chi connectivity index (χ1) is 9.15. The molecule has 2 rings (SSSR count). The third-order valence-electron chi connectivity index (χ3n) is 3.26. The molecule has 0 bridgehead atoms. The van der Waals surface area contributed by atoms with Gasteiger partial charge in [0.05, 0.1) is 12.7 Å². The van der Waals surface area contributed by atoms with Gasteiger partial charge in [-0.05, 0) is 12.3 Å². The van der Waals surface area contributed by atoms with Gasteiger partial charge in [-0.15, -0.1) is 0 Å². The number of ether oxygens (including phenoxy) is 2. The Hall–Kier alpha value is -1.19. The van der Waals surface area contributed by atoms with Crippen LogP contribution in [0.5, 0.6) is 0 Å². The summed E-state index contributed by atoms with van der Waals surface area (Å²) in [5, 5.41) is 0. The molecule has 1 aliphatic rings. The van der Waals surface area contributed by atoms with Crippen LogP contribution in [0.3, 0.4) is 0 Å². The van der Waals surface area contributed by atoms with Crippen molar-refractivity contribution in [1.82, 2.24) is 0 Å². The van der Waals surface area contributed by atoms with Gasteiger partial charge >= 0.3 is 0 Å². The summed E-state index contributed by atoms with van der Waals surface area (Å²) in [6, 6.07) is 9.40. The third-order valence-corrected chi connectivity index (χ3v) is 3.26. The van der Waals surface area contributed by atoms with Gasteiger partial charge in [0.1, 0.15) is 0 Å². The fraction of sp³-hybridized carbons (Fsp3) is 0.562. The highest BCUT2D eigenvalue weighted by atomic mass is 16.7. The quantitative estimate of drug-likeness (QED) is 0.763. The van der Waals surface area contributed by atoms with Crippen molar-refractivity contribution in [3.8, 4) is 0 Å². The fourth-order valence-electron chi connectivity index (χ4n) is 2.26. The second kappa shape index (κ2) is 6.83. The number of carbonyl (C=O) groups excluding carboxylic acids is 1. The molecule has 0 unspecified atom stereocenters. The van der Waals surface area contributed by atoms with E-state index in [0.29, 0.717) is 18.9 Å². The summed E-state index contributed by atoms with van der Waals surface area (Å²) in [4.78, 5) is 12.1. The molecule has 1 fully saturated rings. The van der Waals surface area contributed by atoms with E-state index in [0.717, 1.165) is 18.4 Å². The van der Waals surface area contributed by atoms with Crippen molar-refractivity contribution in [2.24, 2.45) is 5.92 Å². The van der Waals surface area contributed by atoms with Gasteiger partial charge in [-0.3, -0.25) is 4.79 Å². The number of hydrogen-bond donors (Lipinski definition) is 0. The molecule has 0 aromatic heterocycles. The van der Waals surface area contributed by atoms with Crippen molar-refractivity contribution in [3.63, 3.8) is 0 Å². The number of rotatable bonds is 5. The van der Waals surface area contributed by atoms with E-state index in [1.807, 2.05) is 30.3 Å². The highest BCUT2D eigenvalue weighted by Gasteiger charge is 2.25. The van der Waals surface area contributed by atoms with Crippen molar-refractivity contribution in [2.75, 3.05) is 6.61 Å². The molecule has 0 radical (unpaired) electrons. The molecule has 1 aromatic carbocycles. The molecule has 0 saturated carbocycles. The molecule has 0 amide bonds. The van der Waals surface area contributed by atoms with E-state index in [4.69, 9.17) is 9.47 Å². The number of carbonyl (C=O) groups is 1. The van der Waals surface area contributed by atoms with Crippen molar-refractivity contribution in [1.29, 1.82) is 0 Å². The van der Waals surface area contributed by atoms with Crippen molar-refractivity contribution < 1.29 is 14.3 Å². The van der Waals surface area contributed by atoms with Crippen LogP contribution >= 0.6 is 0 Å². The topological polar surface area (TPSA) is 35.5 Å².